The second-order valence-corrected chi connectivity index (χ2v) is 7.09. The zero-order valence-electron chi connectivity index (χ0n) is 15.7. The Kier molecular flexibility index (Phi) is 7.82. The molecule has 0 aromatic rings. The highest BCUT2D eigenvalue weighted by atomic mass is 16.2. The fourth-order valence-corrected chi connectivity index (χ4v) is 3.77. The molecule has 6 heteroatoms. The van der Waals surface area contributed by atoms with Crippen LogP contribution in [0.4, 0.5) is 0 Å². The maximum atomic E-state index is 11.8. The summed E-state index contributed by atoms with van der Waals surface area (Å²) in [6, 6.07) is 1.06. The van der Waals surface area contributed by atoms with Crippen molar-refractivity contribution >= 4 is 11.9 Å². The molecule has 6 nitrogen and oxygen atoms in total. The summed E-state index contributed by atoms with van der Waals surface area (Å²) in [7, 11) is 4.04. The molecule has 1 unspecified atom stereocenters. The Bertz CT molecular complexity index is 420. The van der Waals surface area contributed by atoms with E-state index in [1.165, 1.54) is 32.1 Å². The maximum absolute atomic E-state index is 11.8. The molecule has 1 saturated carbocycles. The first-order valence-electron chi connectivity index (χ1n) is 9.59. The minimum absolute atomic E-state index is 0.247. The molecule has 1 aliphatic heterocycles. The molecule has 1 atom stereocenters. The van der Waals surface area contributed by atoms with Crippen molar-refractivity contribution < 1.29 is 4.79 Å². The van der Waals surface area contributed by atoms with Gasteiger partial charge >= 0.3 is 0 Å². The molecule has 24 heavy (non-hydrogen) atoms. The standard InChI is InChI=1S/C18H35N5O/c1-4-17(24)23-12-10-15(14-23)21-18(19-2)20-11-13-22(3)16-8-6-5-7-9-16/h15-16H,4-14H2,1-3H3,(H2,19,20,21). The SMILES string of the molecule is CCC(=O)N1CCC(NC(=NC)NCCN(C)C2CCCCC2)C1. The lowest BCUT2D eigenvalue weighted by Gasteiger charge is -2.31. The molecular weight excluding hydrogens is 302 g/mol. The molecule has 1 aliphatic carbocycles. The topological polar surface area (TPSA) is 60.0 Å². The van der Waals surface area contributed by atoms with Crippen LogP contribution in [-0.4, -0.2) is 74.0 Å². The molecule has 0 aromatic heterocycles. The fourth-order valence-electron chi connectivity index (χ4n) is 3.77. The molecular formula is C18H35N5O. The summed E-state index contributed by atoms with van der Waals surface area (Å²) in [5.41, 5.74) is 0. The minimum atomic E-state index is 0.247. The van der Waals surface area contributed by atoms with Crippen molar-refractivity contribution in [3.8, 4) is 0 Å². The third-order valence-corrected chi connectivity index (χ3v) is 5.36. The Labute approximate surface area is 147 Å². The third-order valence-electron chi connectivity index (χ3n) is 5.36. The lowest BCUT2D eigenvalue weighted by atomic mass is 9.94. The van der Waals surface area contributed by atoms with Gasteiger partial charge in [-0.2, -0.15) is 0 Å². The zero-order chi connectivity index (χ0) is 17.4. The Morgan fingerprint density at radius 2 is 2.00 bits per heavy atom. The number of carbonyl (C=O) groups excluding carboxylic acids is 1. The van der Waals surface area contributed by atoms with Crippen LogP contribution in [0.1, 0.15) is 51.9 Å². The Hall–Kier alpha value is -1.30. The van der Waals surface area contributed by atoms with E-state index in [2.05, 4.69) is 27.6 Å². The molecule has 0 spiro atoms. The summed E-state index contributed by atoms with van der Waals surface area (Å²) in [4.78, 5) is 20.5. The monoisotopic (exact) mass is 337 g/mol. The van der Waals surface area contributed by atoms with Crippen LogP contribution < -0.4 is 10.6 Å². The van der Waals surface area contributed by atoms with Crippen LogP contribution in [0.5, 0.6) is 0 Å². The molecule has 0 radical (unpaired) electrons. The second-order valence-electron chi connectivity index (χ2n) is 7.09. The number of rotatable bonds is 6. The number of amides is 1. The lowest BCUT2D eigenvalue weighted by molar-refractivity contribution is -0.129. The number of guanidine groups is 1. The van der Waals surface area contributed by atoms with Crippen LogP contribution in [-0.2, 0) is 4.79 Å². The quantitative estimate of drug-likeness (QED) is 0.569. The predicted octanol–water partition coefficient (Wildman–Crippen LogP) is 1.43. The molecule has 1 heterocycles. The van der Waals surface area contributed by atoms with Crippen LogP contribution >= 0.6 is 0 Å². The van der Waals surface area contributed by atoms with E-state index in [-0.39, 0.29) is 5.91 Å². The summed E-state index contributed by atoms with van der Waals surface area (Å²) in [6.45, 7) is 5.50. The van der Waals surface area contributed by atoms with Gasteiger partial charge in [-0.25, -0.2) is 0 Å². The van der Waals surface area contributed by atoms with Gasteiger partial charge < -0.3 is 20.4 Å². The summed E-state index contributed by atoms with van der Waals surface area (Å²) >= 11 is 0. The van der Waals surface area contributed by atoms with Gasteiger partial charge in [-0.1, -0.05) is 26.2 Å². The van der Waals surface area contributed by atoms with Crippen molar-refractivity contribution in [2.75, 3.05) is 40.3 Å². The van der Waals surface area contributed by atoms with Gasteiger partial charge in [0.25, 0.3) is 0 Å². The molecule has 2 rings (SSSR count). The van der Waals surface area contributed by atoms with Crippen molar-refractivity contribution in [3.63, 3.8) is 0 Å². The van der Waals surface area contributed by atoms with E-state index >= 15 is 0 Å². The summed E-state index contributed by atoms with van der Waals surface area (Å²) in [6.07, 6.45) is 8.42. The Morgan fingerprint density at radius 3 is 2.67 bits per heavy atom. The highest BCUT2D eigenvalue weighted by Gasteiger charge is 2.25. The average molecular weight is 338 g/mol. The van der Waals surface area contributed by atoms with Crippen LogP contribution in [0.2, 0.25) is 0 Å². The summed E-state index contributed by atoms with van der Waals surface area (Å²) in [5.74, 6) is 1.10. The maximum Gasteiger partial charge on any atom is 0.222 e. The average Bonchev–Trinajstić information content (AvgIpc) is 3.09. The third kappa shape index (κ3) is 5.65. The van der Waals surface area contributed by atoms with E-state index < -0.39 is 0 Å². The number of aliphatic imine (C=N–C) groups is 1. The number of likely N-dealkylation sites (N-methyl/N-ethyl adjacent to an activating group) is 1. The van der Waals surface area contributed by atoms with E-state index in [1.807, 2.05) is 18.9 Å². The minimum Gasteiger partial charge on any atom is -0.355 e. The first-order valence-corrected chi connectivity index (χ1v) is 9.59. The van der Waals surface area contributed by atoms with Gasteiger partial charge in [-0.3, -0.25) is 9.79 Å². The van der Waals surface area contributed by atoms with E-state index in [4.69, 9.17) is 0 Å². The van der Waals surface area contributed by atoms with Crippen molar-refractivity contribution in [3.05, 3.63) is 0 Å². The number of hydrogen-bond donors (Lipinski definition) is 2. The number of nitrogens with zero attached hydrogens (tertiary/aromatic N) is 3. The Balaban J connectivity index is 1.66. The normalized spacial score (nSPS) is 22.9. The lowest BCUT2D eigenvalue weighted by Crippen LogP contribution is -2.47. The van der Waals surface area contributed by atoms with E-state index in [9.17, 15) is 4.79 Å². The summed E-state index contributed by atoms with van der Waals surface area (Å²) < 4.78 is 0. The van der Waals surface area contributed by atoms with Crippen LogP contribution in [0.15, 0.2) is 4.99 Å². The number of likely N-dealkylation sites (tertiary alicyclic amines) is 1. The van der Waals surface area contributed by atoms with Gasteiger partial charge in [-0.05, 0) is 26.3 Å². The zero-order valence-corrected chi connectivity index (χ0v) is 15.7. The number of nitrogens with one attached hydrogen (secondary N) is 2. The molecule has 138 valence electrons. The van der Waals surface area contributed by atoms with Gasteiger partial charge in [0.2, 0.25) is 5.91 Å². The Morgan fingerprint density at radius 1 is 1.25 bits per heavy atom. The molecule has 2 fully saturated rings. The van der Waals surface area contributed by atoms with E-state index in [1.54, 1.807) is 0 Å². The second kappa shape index (κ2) is 9.87. The highest BCUT2D eigenvalue weighted by Crippen LogP contribution is 2.21. The van der Waals surface area contributed by atoms with Crippen LogP contribution in [0.3, 0.4) is 0 Å². The van der Waals surface area contributed by atoms with Crippen molar-refractivity contribution in [2.45, 2.75) is 64.0 Å². The summed E-state index contributed by atoms with van der Waals surface area (Å²) in [5, 5.41) is 6.87. The first-order chi connectivity index (χ1) is 11.6. The van der Waals surface area contributed by atoms with Crippen molar-refractivity contribution in [1.29, 1.82) is 0 Å². The smallest absolute Gasteiger partial charge is 0.222 e. The van der Waals surface area contributed by atoms with Crippen LogP contribution in [0.25, 0.3) is 0 Å². The molecule has 2 aliphatic rings. The highest BCUT2D eigenvalue weighted by molar-refractivity contribution is 5.80. The first kappa shape index (κ1) is 19.0. The molecule has 0 bridgehead atoms. The molecule has 2 N–H and O–H groups in total. The number of carbonyl (C=O) groups is 1. The van der Waals surface area contributed by atoms with Crippen LogP contribution in [0, 0.1) is 0 Å². The van der Waals surface area contributed by atoms with Crippen molar-refractivity contribution in [2.24, 2.45) is 4.99 Å². The number of hydrogen-bond acceptors (Lipinski definition) is 3. The van der Waals surface area contributed by atoms with Gasteiger partial charge in [0, 0.05) is 51.7 Å². The van der Waals surface area contributed by atoms with Gasteiger partial charge in [0.1, 0.15) is 0 Å². The van der Waals surface area contributed by atoms with Gasteiger partial charge in [-0.15, -0.1) is 0 Å². The van der Waals surface area contributed by atoms with Crippen molar-refractivity contribution in [1.82, 2.24) is 20.4 Å². The predicted molar refractivity (Wildman–Crippen MR) is 99.3 cm³/mol. The van der Waals surface area contributed by atoms with Gasteiger partial charge in [0.05, 0.1) is 0 Å². The van der Waals surface area contributed by atoms with E-state index in [0.717, 1.165) is 44.6 Å². The van der Waals surface area contributed by atoms with E-state index in [0.29, 0.717) is 12.5 Å². The largest absolute Gasteiger partial charge is 0.355 e. The van der Waals surface area contributed by atoms with Gasteiger partial charge in [0.15, 0.2) is 5.96 Å². The molecule has 1 saturated heterocycles. The fraction of sp³-hybridized carbons (Fsp3) is 0.889. The molecule has 1 amide bonds. The molecule has 0 aromatic carbocycles.